The van der Waals surface area contributed by atoms with Crippen molar-refractivity contribution in [3.63, 3.8) is 0 Å². The van der Waals surface area contributed by atoms with Crippen molar-refractivity contribution < 1.29 is 19.6 Å². The standard InChI is InChI=1S/C17H19N5O5/c1-20(17(16(24)25)7-3-2-4-8-17)15(23)12-5-6-13(14(9-12)22(26)27)21-11-18-10-19-21/h5-6,9-11H,2-4,7-8H2,1H3,(H,24,25). The van der Waals surface area contributed by atoms with Crippen molar-refractivity contribution >= 4 is 17.6 Å². The minimum absolute atomic E-state index is 0.0549. The number of nitrogens with zero attached hydrogens (tertiary/aromatic N) is 5. The Labute approximate surface area is 154 Å². The molecule has 0 unspecified atom stereocenters. The highest BCUT2D eigenvalue weighted by atomic mass is 16.6. The summed E-state index contributed by atoms with van der Waals surface area (Å²) in [6.07, 6.45) is 5.65. The SMILES string of the molecule is CN(C(=O)c1ccc(-n2cncn2)c([N+](=O)[O-])c1)C1(C(=O)O)CCCCC1. The van der Waals surface area contributed by atoms with Crippen LogP contribution in [0.15, 0.2) is 30.9 Å². The number of hydrogen-bond donors (Lipinski definition) is 1. The minimum Gasteiger partial charge on any atom is -0.479 e. The number of carboxylic acid groups (broad SMARTS) is 1. The maximum Gasteiger partial charge on any atom is 0.329 e. The van der Waals surface area contributed by atoms with E-state index in [1.807, 2.05) is 0 Å². The van der Waals surface area contributed by atoms with E-state index in [0.29, 0.717) is 12.8 Å². The lowest BCUT2D eigenvalue weighted by molar-refractivity contribution is -0.384. The van der Waals surface area contributed by atoms with Crippen LogP contribution in [0.2, 0.25) is 0 Å². The van der Waals surface area contributed by atoms with Crippen molar-refractivity contribution in [2.45, 2.75) is 37.6 Å². The average Bonchev–Trinajstić information content (AvgIpc) is 3.21. The van der Waals surface area contributed by atoms with Crippen molar-refractivity contribution in [2.75, 3.05) is 7.05 Å². The van der Waals surface area contributed by atoms with Crippen molar-refractivity contribution in [3.05, 3.63) is 46.5 Å². The predicted octanol–water partition coefficient (Wildman–Crippen LogP) is 2.03. The van der Waals surface area contributed by atoms with E-state index in [1.165, 1.54) is 41.4 Å². The molecule has 142 valence electrons. The zero-order chi connectivity index (χ0) is 19.6. The average molecular weight is 373 g/mol. The largest absolute Gasteiger partial charge is 0.479 e. The van der Waals surface area contributed by atoms with Gasteiger partial charge >= 0.3 is 5.97 Å². The summed E-state index contributed by atoms with van der Waals surface area (Å²) < 4.78 is 1.23. The highest BCUT2D eigenvalue weighted by molar-refractivity contribution is 5.98. The second kappa shape index (κ2) is 7.14. The smallest absolute Gasteiger partial charge is 0.329 e. The van der Waals surface area contributed by atoms with E-state index >= 15 is 0 Å². The summed E-state index contributed by atoms with van der Waals surface area (Å²) in [5.74, 6) is -1.61. The first-order valence-corrected chi connectivity index (χ1v) is 8.52. The fraction of sp³-hybridized carbons (Fsp3) is 0.412. The van der Waals surface area contributed by atoms with Gasteiger partial charge in [0.2, 0.25) is 0 Å². The molecule has 1 aromatic carbocycles. The zero-order valence-corrected chi connectivity index (χ0v) is 14.7. The molecule has 1 aromatic heterocycles. The Morgan fingerprint density at radius 3 is 2.56 bits per heavy atom. The van der Waals surface area contributed by atoms with Crippen molar-refractivity contribution in [1.29, 1.82) is 0 Å². The first-order valence-electron chi connectivity index (χ1n) is 8.52. The maximum atomic E-state index is 12.9. The monoisotopic (exact) mass is 373 g/mol. The molecule has 1 saturated carbocycles. The van der Waals surface area contributed by atoms with Gasteiger partial charge in [-0.15, -0.1) is 0 Å². The Morgan fingerprint density at radius 1 is 1.30 bits per heavy atom. The van der Waals surface area contributed by atoms with Gasteiger partial charge in [0.1, 0.15) is 23.9 Å². The van der Waals surface area contributed by atoms with Crippen LogP contribution in [0.1, 0.15) is 42.5 Å². The molecule has 27 heavy (non-hydrogen) atoms. The van der Waals surface area contributed by atoms with Gasteiger partial charge in [-0.25, -0.2) is 14.5 Å². The van der Waals surface area contributed by atoms with Crippen LogP contribution in [0.3, 0.4) is 0 Å². The fourth-order valence-corrected chi connectivity index (χ4v) is 3.55. The summed E-state index contributed by atoms with van der Waals surface area (Å²) in [4.78, 5) is 40.7. The summed E-state index contributed by atoms with van der Waals surface area (Å²) in [6, 6.07) is 3.98. The Kier molecular flexibility index (Phi) is 4.89. The molecule has 0 radical (unpaired) electrons. The molecule has 0 atom stereocenters. The van der Waals surface area contributed by atoms with Crippen LogP contribution in [0.5, 0.6) is 0 Å². The molecular weight excluding hydrogens is 354 g/mol. The van der Waals surface area contributed by atoms with E-state index in [2.05, 4.69) is 10.1 Å². The van der Waals surface area contributed by atoms with Crippen LogP contribution in [0.25, 0.3) is 5.69 Å². The highest BCUT2D eigenvalue weighted by Gasteiger charge is 2.45. The molecule has 0 bridgehead atoms. The van der Waals surface area contributed by atoms with E-state index in [4.69, 9.17) is 0 Å². The number of carbonyl (C=O) groups excluding carboxylic acids is 1. The molecule has 0 spiro atoms. The lowest BCUT2D eigenvalue weighted by Crippen LogP contribution is -2.56. The molecule has 10 nitrogen and oxygen atoms in total. The Bertz CT molecular complexity index is 874. The Morgan fingerprint density at radius 2 is 2.00 bits per heavy atom. The lowest BCUT2D eigenvalue weighted by Gasteiger charge is -2.41. The molecule has 1 amide bonds. The van der Waals surface area contributed by atoms with Gasteiger partial charge in [-0.05, 0) is 25.0 Å². The first kappa shape index (κ1) is 18.5. The number of nitro benzene ring substituents is 1. The molecule has 10 heteroatoms. The van der Waals surface area contributed by atoms with Crippen molar-refractivity contribution in [1.82, 2.24) is 19.7 Å². The van der Waals surface area contributed by atoms with Crippen LogP contribution in [0.4, 0.5) is 5.69 Å². The fourth-order valence-electron chi connectivity index (χ4n) is 3.55. The quantitative estimate of drug-likeness (QED) is 0.626. The molecule has 1 heterocycles. The van der Waals surface area contributed by atoms with Crippen LogP contribution < -0.4 is 0 Å². The van der Waals surface area contributed by atoms with Crippen molar-refractivity contribution in [3.8, 4) is 5.69 Å². The molecule has 1 fully saturated rings. The lowest BCUT2D eigenvalue weighted by atomic mass is 9.80. The number of carbonyl (C=O) groups is 2. The van der Waals surface area contributed by atoms with E-state index in [-0.39, 0.29) is 16.9 Å². The van der Waals surface area contributed by atoms with Crippen LogP contribution in [-0.4, -0.2) is 54.2 Å². The maximum absolute atomic E-state index is 12.9. The van der Waals surface area contributed by atoms with E-state index in [0.717, 1.165) is 25.3 Å². The van der Waals surface area contributed by atoms with E-state index in [1.54, 1.807) is 0 Å². The van der Waals surface area contributed by atoms with Crippen LogP contribution >= 0.6 is 0 Å². The van der Waals surface area contributed by atoms with Gasteiger partial charge in [-0.2, -0.15) is 5.10 Å². The molecule has 0 aliphatic heterocycles. The summed E-state index contributed by atoms with van der Waals surface area (Å²) in [6.45, 7) is 0. The zero-order valence-electron chi connectivity index (χ0n) is 14.7. The number of carboxylic acids is 1. The summed E-state index contributed by atoms with van der Waals surface area (Å²) in [5, 5.41) is 25.1. The Balaban J connectivity index is 1.98. The third-order valence-electron chi connectivity index (χ3n) is 5.11. The number of amides is 1. The topological polar surface area (TPSA) is 131 Å². The molecule has 1 aliphatic carbocycles. The van der Waals surface area contributed by atoms with Gasteiger partial charge < -0.3 is 10.0 Å². The summed E-state index contributed by atoms with van der Waals surface area (Å²) in [5.41, 5.74) is -1.37. The Hall–Kier alpha value is -3.30. The molecule has 0 saturated heterocycles. The summed E-state index contributed by atoms with van der Waals surface area (Å²) in [7, 11) is 1.44. The number of hydrogen-bond acceptors (Lipinski definition) is 6. The normalized spacial score (nSPS) is 15.9. The molecule has 3 rings (SSSR count). The van der Waals surface area contributed by atoms with Gasteiger partial charge in [-0.1, -0.05) is 19.3 Å². The molecule has 1 N–H and O–H groups in total. The first-order chi connectivity index (χ1) is 12.9. The van der Waals surface area contributed by atoms with E-state index < -0.39 is 22.3 Å². The van der Waals surface area contributed by atoms with Crippen LogP contribution in [-0.2, 0) is 4.79 Å². The third-order valence-corrected chi connectivity index (χ3v) is 5.11. The molecule has 1 aliphatic rings. The van der Waals surface area contributed by atoms with Gasteiger partial charge in [0.25, 0.3) is 11.6 Å². The number of benzene rings is 1. The van der Waals surface area contributed by atoms with Gasteiger partial charge in [0.05, 0.1) is 4.92 Å². The minimum atomic E-state index is -1.28. The van der Waals surface area contributed by atoms with Gasteiger partial charge in [0, 0.05) is 18.7 Å². The second-order valence-electron chi connectivity index (χ2n) is 6.56. The number of rotatable bonds is 5. The number of aliphatic carboxylic acids is 1. The predicted molar refractivity (Wildman–Crippen MR) is 93.6 cm³/mol. The molecular formula is C17H19N5O5. The number of likely N-dealkylation sites (N-methyl/N-ethyl adjacent to an activating group) is 1. The second-order valence-corrected chi connectivity index (χ2v) is 6.56. The van der Waals surface area contributed by atoms with Crippen molar-refractivity contribution in [2.24, 2.45) is 0 Å². The van der Waals surface area contributed by atoms with Crippen LogP contribution in [0, 0.1) is 10.1 Å². The highest BCUT2D eigenvalue weighted by Crippen LogP contribution is 2.35. The molecule has 2 aromatic rings. The number of nitro groups is 1. The third kappa shape index (κ3) is 3.25. The number of aromatic nitrogens is 3. The van der Waals surface area contributed by atoms with Gasteiger partial charge in [-0.3, -0.25) is 14.9 Å². The van der Waals surface area contributed by atoms with Gasteiger partial charge in [0.15, 0.2) is 0 Å². The summed E-state index contributed by atoms with van der Waals surface area (Å²) >= 11 is 0. The van der Waals surface area contributed by atoms with E-state index in [9.17, 15) is 24.8 Å².